The molecule has 1 amide bonds. The number of nitrogens with zero attached hydrogens (tertiary/aromatic N) is 1. The van der Waals surface area contributed by atoms with Crippen molar-refractivity contribution in [3.05, 3.63) is 59.0 Å². The van der Waals surface area contributed by atoms with Gasteiger partial charge >= 0.3 is 0 Å². The fourth-order valence-electron chi connectivity index (χ4n) is 2.19. The Morgan fingerprint density at radius 3 is 2.71 bits per heavy atom. The number of methoxy groups -OCH3 is 2. The van der Waals surface area contributed by atoms with Crippen LogP contribution in [0.15, 0.2) is 58.4 Å². The smallest absolute Gasteiger partial charge is 0.264 e. The summed E-state index contributed by atoms with van der Waals surface area (Å²) < 4.78 is 10.5. The molecule has 1 aliphatic heterocycles. The molecule has 0 aliphatic carbocycles. The van der Waals surface area contributed by atoms with Gasteiger partial charge in [0.15, 0.2) is 5.17 Å². The van der Waals surface area contributed by atoms with E-state index in [4.69, 9.17) is 9.47 Å². The van der Waals surface area contributed by atoms with Crippen LogP contribution in [0, 0.1) is 0 Å². The van der Waals surface area contributed by atoms with Gasteiger partial charge in [-0.1, -0.05) is 24.3 Å². The summed E-state index contributed by atoms with van der Waals surface area (Å²) in [5, 5.41) is 3.30. The maximum absolute atomic E-state index is 12.1. The lowest BCUT2D eigenvalue weighted by molar-refractivity contribution is -0.115. The van der Waals surface area contributed by atoms with Gasteiger partial charge < -0.3 is 14.8 Å². The Balaban J connectivity index is 1.85. The molecule has 1 fully saturated rings. The summed E-state index contributed by atoms with van der Waals surface area (Å²) in [5.41, 5.74) is 1.57. The Morgan fingerprint density at radius 1 is 1.08 bits per heavy atom. The molecular weight excluding hydrogens is 324 g/mol. The van der Waals surface area contributed by atoms with Crippen LogP contribution >= 0.6 is 11.8 Å². The van der Waals surface area contributed by atoms with Crippen LogP contribution in [-0.2, 0) is 4.79 Å². The molecule has 0 saturated carbocycles. The molecule has 0 spiro atoms. The van der Waals surface area contributed by atoms with E-state index in [0.29, 0.717) is 21.5 Å². The highest BCUT2D eigenvalue weighted by molar-refractivity contribution is 8.18. The molecule has 3 rings (SSSR count). The number of para-hydroxylation sites is 2. The highest BCUT2D eigenvalue weighted by Crippen LogP contribution is 2.32. The number of nitrogens with one attached hydrogen (secondary N) is 1. The SMILES string of the molecule is COc1cccc(/C=C2\SC(=Nc3ccccc3OC)NC2=O)c1. The number of carbonyl (C=O) groups excluding carboxylic acids is 1. The first kappa shape index (κ1) is 16.1. The van der Waals surface area contributed by atoms with E-state index in [2.05, 4.69) is 10.3 Å². The molecule has 2 aromatic rings. The van der Waals surface area contributed by atoms with Crippen molar-refractivity contribution in [1.82, 2.24) is 5.32 Å². The van der Waals surface area contributed by atoms with Crippen LogP contribution in [0.4, 0.5) is 5.69 Å². The second-order valence-electron chi connectivity index (χ2n) is 4.93. The number of hydrogen-bond donors (Lipinski definition) is 1. The second-order valence-corrected chi connectivity index (χ2v) is 5.96. The molecule has 0 atom stereocenters. The predicted molar refractivity (Wildman–Crippen MR) is 96.8 cm³/mol. The van der Waals surface area contributed by atoms with E-state index in [1.165, 1.54) is 11.8 Å². The van der Waals surface area contributed by atoms with Crippen molar-refractivity contribution in [3.63, 3.8) is 0 Å². The van der Waals surface area contributed by atoms with Crippen molar-refractivity contribution >= 4 is 34.6 Å². The fraction of sp³-hybridized carbons (Fsp3) is 0.111. The van der Waals surface area contributed by atoms with Gasteiger partial charge in [-0.2, -0.15) is 0 Å². The van der Waals surface area contributed by atoms with E-state index in [1.54, 1.807) is 14.2 Å². The van der Waals surface area contributed by atoms with Crippen LogP contribution in [0.25, 0.3) is 6.08 Å². The molecule has 0 aromatic heterocycles. The van der Waals surface area contributed by atoms with Crippen molar-refractivity contribution in [2.75, 3.05) is 14.2 Å². The van der Waals surface area contributed by atoms with Crippen molar-refractivity contribution in [3.8, 4) is 11.5 Å². The lowest BCUT2D eigenvalue weighted by Crippen LogP contribution is -2.19. The highest BCUT2D eigenvalue weighted by Gasteiger charge is 2.24. The summed E-state index contributed by atoms with van der Waals surface area (Å²) >= 11 is 1.30. The molecule has 24 heavy (non-hydrogen) atoms. The maximum Gasteiger partial charge on any atom is 0.264 e. The van der Waals surface area contributed by atoms with Gasteiger partial charge in [0.25, 0.3) is 5.91 Å². The molecule has 1 saturated heterocycles. The van der Waals surface area contributed by atoms with Gasteiger partial charge in [0.1, 0.15) is 17.2 Å². The minimum Gasteiger partial charge on any atom is -0.497 e. The number of carbonyl (C=O) groups is 1. The zero-order chi connectivity index (χ0) is 16.9. The molecular formula is C18H16N2O3S. The third kappa shape index (κ3) is 3.60. The van der Waals surface area contributed by atoms with Crippen molar-refractivity contribution in [2.45, 2.75) is 0 Å². The summed E-state index contributed by atoms with van der Waals surface area (Å²) in [4.78, 5) is 17.2. The molecule has 0 radical (unpaired) electrons. The number of benzene rings is 2. The van der Waals surface area contributed by atoms with E-state index in [-0.39, 0.29) is 5.91 Å². The van der Waals surface area contributed by atoms with Crippen LogP contribution in [0.2, 0.25) is 0 Å². The molecule has 1 aliphatic rings. The quantitative estimate of drug-likeness (QED) is 0.864. The van der Waals surface area contributed by atoms with Gasteiger partial charge in [0.05, 0.1) is 19.1 Å². The summed E-state index contributed by atoms with van der Waals surface area (Å²) in [7, 11) is 3.20. The first-order valence-corrected chi connectivity index (χ1v) is 8.08. The van der Waals surface area contributed by atoms with Crippen LogP contribution in [0.5, 0.6) is 11.5 Å². The third-order valence-corrected chi connectivity index (χ3v) is 4.26. The monoisotopic (exact) mass is 340 g/mol. The van der Waals surface area contributed by atoms with Gasteiger partial charge in [-0.3, -0.25) is 4.79 Å². The largest absolute Gasteiger partial charge is 0.497 e. The number of hydrogen-bond acceptors (Lipinski definition) is 5. The summed E-state index contributed by atoms with van der Waals surface area (Å²) in [6.07, 6.45) is 1.81. The zero-order valence-electron chi connectivity index (χ0n) is 13.3. The minimum atomic E-state index is -0.170. The Hall–Kier alpha value is -2.73. The zero-order valence-corrected chi connectivity index (χ0v) is 14.1. The van der Waals surface area contributed by atoms with Gasteiger partial charge in [-0.15, -0.1) is 0 Å². The molecule has 122 valence electrons. The van der Waals surface area contributed by atoms with Crippen LogP contribution in [-0.4, -0.2) is 25.3 Å². The van der Waals surface area contributed by atoms with Gasteiger partial charge in [0, 0.05) is 0 Å². The lowest BCUT2D eigenvalue weighted by Gasteiger charge is -2.03. The summed E-state index contributed by atoms with van der Waals surface area (Å²) in [6, 6.07) is 14.9. The molecule has 6 heteroatoms. The maximum atomic E-state index is 12.1. The van der Waals surface area contributed by atoms with E-state index < -0.39 is 0 Å². The first-order valence-electron chi connectivity index (χ1n) is 7.26. The van der Waals surface area contributed by atoms with Crippen LogP contribution in [0.3, 0.4) is 0 Å². The number of aliphatic imine (C=N–C) groups is 1. The molecule has 0 bridgehead atoms. The number of rotatable bonds is 4. The van der Waals surface area contributed by atoms with E-state index >= 15 is 0 Å². The van der Waals surface area contributed by atoms with Crippen molar-refractivity contribution in [2.24, 2.45) is 4.99 Å². The Morgan fingerprint density at radius 2 is 1.92 bits per heavy atom. The summed E-state index contributed by atoms with van der Waals surface area (Å²) in [6.45, 7) is 0. The average Bonchev–Trinajstić information content (AvgIpc) is 2.94. The number of amidine groups is 1. The second kappa shape index (κ2) is 7.23. The molecule has 0 unspecified atom stereocenters. The number of thioether (sulfide) groups is 1. The highest BCUT2D eigenvalue weighted by atomic mass is 32.2. The van der Waals surface area contributed by atoms with Crippen LogP contribution in [0.1, 0.15) is 5.56 Å². The van der Waals surface area contributed by atoms with Gasteiger partial charge in [-0.05, 0) is 47.7 Å². The molecule has 5 nitrogen and oxygen atoms in total. The lowest BCUT2D eigenvalue weighted by atomic mass is 10.2. The van der Waals surface area contributed by atoms with E-state index in [0.717, 1.165) is 11.3 Å². The fourth-order valence-corrected chi connectivity index (χ4v) is 3.03. The Kier molecular flexibility index (Phi) is 4.86. The van der Waals surface area contributed by atoms with Crippen molar-refractivity contribution < 1.29 is 14.3 Å². The first-order chi connectivity index (χ1) is 11.7. The third-order valence-electron chi connectivity index (χ3n) is 3.35. The minimum absolute atomic E-state index is 0.170. The Labute approximate surface area is 144 Å². The van der Waals surface area contributed by atoms with Gasteiger partial charge in [0.2, 0.25) is 0 Å². The van der Waals surface area contributed by atoms with Gasteiger partial charge in [-0.25, -0.2) is 4.99 Å². The standard InChI is InChI=1S/C18H16N2O3S/c1-22-13-7-5-6-12(10-13)11-16-17(21)20-18(24-16)19-14-8-3-4-9-15(14)23-2/h3-11H,1-2H3,(H,19,20,21)/b16-11-. The Bertz CT molecular complexity index is 831. The number of amides is 1. The van der Waals surface area contributed by atoms with E-state index in [9.17, 15) is 4.79 Å². The predicted octanol–water partition coefficient (Wildman–Crippen LogP) is 3.60. The summed E-state index contributed by atoms with van der Waals surface area (Å²) in [5.74, 6) is 1.23. The topological polar surface area (TPSA) is 59.9 Å². The normalized spacial score (nSPS) is 17.2. The molecule has 2 aromatic carbocycles. The number of ether oxygens (including phenoxy) is 2. The molecule has 1 heterocycles. The van der Waals surface area contributed by atoms with E-state index in [1.807, 2.05) is 54.6 Å². The molecule has 1 N–H and O–H groups in total. The average molecular weight is 340 g/mol. The van der Waals surface area contributed by atoms with Crippen molar-refractivity contribution in [1.29, 1.82) is 0 Å². The van der Waals surface area contributed by atoms with Crippen LogP contribution < -0.4 is 14.8 Å².